The van der Waals surface area contributed by atoms with E-state index in [0.717, 1.165) is 11.3 Å². The zero-order valence-electron chi connectivity index (χ0n) is 6.76. The van der Waals surface area contributed by atoms with Crippen LogP contribution in [0.4, 0.5) is 5.69 Å². The summed E-state index contributed by atoms with van der Waals surface area (Å²) in [5.74, 6) is 2.48. The van der Waals surface area contributed by atoms with Crippen molar-refractivity contribution >= 4 is 17.3 Å². The first kappa shape index (κ1) is 8.89. The fraction of sp³-hybridized carbons (Fsp3) is 0.222. The average Bonchev–Trinajstić information content (AvgIpc) is 2.07. The molecule has 0 unspecified atom stereocenters. The smallest absolute Gasteiger partial charge is 0.132 e. The number of aromatic nitrogens is 1. The highest BCUT2D eigenvalue weighted by Gasteiger charge is 1.96. The molecule has 1 aromatic rings. The first-order valence-electron chi connectivity index (χ1n) is 3.53. The van der Waals surface area contributed by atoms with Gasteiger partial charge < -0.3 is 5.32 Å². The number of terminal acetylenes is 1. The Balaban J connectivity index is 2.77. The van der Waals surface area contributed by atoms with Gasteiger partial charge in [0, 0.05) is 0 Å². The minimum absolute atomic E-state index is 0.503. The van der Waals surface area contributed by atoms with Crippen LogP contribution in [0, 0.1) is 19.3 Å². The van der Waals surface area contributed by atoms with Crippen LogP contribution in [0.5, 0.6) is 0 Å². The van der Waals surface area contributed by atoms with Gasteiger partial charge in [-0.3, -0.25) is 0 Å². The molecule has 62 valence electrons. The number of pyridine rings is 1. The van der Waals surface area contributed by atoms with Crippen molar-refractivity contribution in [3.63, 3.8) is 0 Å². The first-order valence-corrected chi connectivity index (χ1v) is 3.91. The summed E-state index contributed by atoms with van der Waals surface area (Å²) in [6, 6.07) is 1.91. The quantitative estimate of drug-likeness (QED) is 0.557. The maximum atomic E-state index is 5.74. The van der Waals surface area contributed by atoms with Crippen LogP contribution in [0.3, 0.4) is 0 Å². The standard InChI is InChI=1S/C9H9ClN2/c1-3-4-11-8-5-7(2)9(10)12-6-8/h1,5-6,11H,4H2,2H3. The highest BCUT2D eigenvalue weighted by atomic mass is 35.5. The van der Waals surface area contributed by atoms with Crippen LogP contribution >= 0.6 is 11.6 Å². The number of rotatable bonds is 2. The van der Waals surface area contributed by atoms with Gasteiger partial charge in [-0.1, -0.05) is 17.5 Å². The van der Waals surface area contributed by atoms with Crippen molar-refractivity contribution in [2.45, 2.75) is 6.92 Å². The van der Waals surface area contributed by atoms with Crippen molar-refractivity contribution in [3.8, 4) is 12.3 Å². The van der Waals surface area contributed by atoms with Crippen LogP contribution in [-0.2, 0) is 0 Å². The van der Waals surface area contributed by atoms with Gasteiger partial charge in [0.2, 0.25) is 0 Å². The summed E-state index contributed by atoms with van der Waals surface area (Å²) >= 11 is 5.74. The zero-order valence-corrected chi connectivity index (χ0v) is 7.52. The van der Waals surface area contributed by atoms with Crippen molar-refractivity contribution < 1.29 is 0 Å². The molecule has 0 saturated heterocycles. The molecule has 1 N–H and O–H groups in total. The zero-order chi connectivity index (χ0) is 8.97. The molecule has 0 bridgehead atoms. The molecule has 0 spiro atoms. The second kappa shape index (κ2) is 3.99. The van der Waals surface area contributed by atoms with E-state index >= 15 is 0 Å². The van der Waals surface area contributed by atoms with Crippen LogP contribution < -0.4 is 5.32 Å². The van der Waals surface area contributed by atoms with Crippen molar-refractivity contribution in [3.05, 3.63) is 23.0 Å². The first-order chi connectivity index (χ1) is 5.74. The fourth-order valence-electron chi connectivity index (χ4n) is 0.808. The molecule has 0 amide bonds. The van der Waals surface area contributed by atoms with Gasteiger partial charge in [-0.2, -0.15) is 0 Å². The normalized spacial score (nSPS) is 9.08. The molecule has 0 atom stereocenters. The highest BCUT2D eigenvalue weighted by Crippen LogP contribution is 2.15. The molecular weight excluding hydrogens is 172 g/mol. The van der Waals surface area contributed by atoms with E-state index in [9.17, 15) is 0 Å². The number of nitrogens with zero attached hydrogens (tertiary/aromatic N) is 1. The largest absolute Gasteiger partial charge is 0.373 e. The molecule has 0 radical (unpaired) electrons. The Labute approximate surface area is 77.0 Å². The third kappa shape index (κ3) is 2.14. The fourth-order valence-corrected chi connectivity index (χ4v) is 0.911. The minimum Gasteiger partial charge on any atom is -0.373 e. The van der Waals surface area contributed by atoms with E-state index in [4.69, 9.17) is 18.0 Å². The van der Waals surface area contributed by atoms with E-state index in [2.05, 4.69) is 16.2 Å². The number of hydrogen-bond donors (Lipinski definition) is 1. The van der Waals surface area contributed by atoms with Crippen LogP contribution in [0.15, 0.2) is 12.3 Å². The van der Waals surface area contributed by atoms with Crippen molar-refractivity contribution in [2.75, 3.05) is 11.9 Å². The third-order valence-electron chi connectivity index (χ3n) is 1.41. The predicted molar refractivity (Wildman–Crippen MR) is 51.3 cm³/mol. The van der Waals surface area contributed by atoms with Gasteiger partial charge in [-0.25, -0.2) is 4.98 Å². The van der Waals surface area contributed by atoms with Gasteiger partial charge >= 0.3 is 0 Å². The van der Waals surface area contributed by atoms with Crippen molar-refractivity contribution in [2.24, 2.45) is 0 Å². The van der Waals surface area contributed by atoms with Gasteiger partial charge in [0.25, 0.3) is 0 Å². The van der Waals surface area contributed by atoms with Crippen molar-refractivity contribution in [1.82, 2.24) is 4.98 Å². The van der Waals surface area contributed by atoms with E-state index in [0.29, 0.717) is 11.7 Å². The number of nitrogens with one attached hydrogen (secondary N) is 1. The lowest BCUT2D eigenvalue weighted by molar-refractivity contribution is 1.24. The van der Waals surface area contributed by atoms with E-state index in [1.807, 2.05) is 13.0 Å². The molecule has 0 aliphatic carbocycles. The molecule has 3 heteroatoms. The lowest BCUT2D eigenvalue weighted by Gasteiger charge is -2.03. The Hall–Kier alpha value is -1.20. The Bertz CT molecular complexity index is 315. The number of hydrogen-bond acceptors (Lipinski definition) is 2. The van der Waals surface area contributed by atoms with Crippen LogP contribution in [0.2, 0.25) is 5.15 Å². The molecule has 0 saturated carbocycles. The maximum Gasteiger partial charge on any atom is 0.132 e. The average molecular weight is 181 g/mol. The van der Waals surface area contributed by atoms with Gasteiger partial charge in [0.15, 0.2) is 0 Å². The van der Waals surface area contributed by atoms with Gasteiger partial charge in [-0.05, 0) is 18.6 Å². The number of halogens is 1. The van der Waals surface area contributed by atoms with E-state index in [-0.39, 0.29) is 0 Å². The topological polar surface area (TPSA) is 24.9 Å². The predicted octanol–water partition coefficient (Wildman–Crippen LogP) is 2.09. The van der Waals surface area contributed by atoms with E-state index in [1.165, 1.54) is 0 Å². The summed E-state index contributed by atoms with van der Waals surface area (Å²) in [7, 11) is 0. The Morgan fingerprint density at radius 3 is 3.08 bits per heavy atom. The monoisotopic (exact) mass is 180 g/mol. The van der Waals surface area contributed by atoms with Crippen molar-refractivity contribution in [1.29, 1.82) is 0 Å². The molecular formula is C9H9ClN2. The lowest BCUT2D eigenvalue weighted by Crippen LogP contribution is -1.99. The highest BCUT2D eigenvalue weighted by molar-refractivity contribution is 6.30. The molecule has 1 aromatic heterocycles. The second-order valence-electron chi connectivity index (χ2n) is 2.39. The van der Waals surface area contributed by atoms with E-state index in [1.54, 1.807) is 6.20 Å². The molecule has 0 aliphatic heterocycles. The Kier molecular flexibility index (Phi) is 2.95. The minimum atomic E-state index is 0.503. The van der Waals surface area contributed by atoms with E-state index < -0.39 is 0 Å². The van der Waals surface area contributed by atoms with Crippen LogP contribution in [-0.4, -0.2) is 11.5 Å². The molecule has 0 aromatic carbocycles. The SMILES string of the molecule is C#CCNc1cnc(Cl)c(C)c1. The van der Waals surface area contributed by atoms with Gasteiger partial charge in [0.1, 0.15) is 5.15 Å². The van der Waals surface area contributed by atoms with Gasteiger partial charge in [0.05, 0.1) is 18.4 Å². The molecule has 2 nitrogen and oxygen atoms in total. The van der Waals surface area contributed by atoms with Gasteiger partial charge in [-0.15, -0.1) is 6.42 Å². The Morgan fingerprint density at radius 1 is 1.75 bits per heavy atom. The summed E-state index contributed by atoms with van der Waals surface area (Å²) in [6.07, 6.45) is 6.74. The lowest BCUT2D eigenvalue weighted by atomic mass is 10.3. The third-order valence-corrected chi connectivity index (χ3v) is 1.80. The Morgan fingerprint density at radius 2 is 2.50 bits per heavy atom. The summed E-state index contributed by atoms with van der Waals surface area (Å²) in [6.45, 7) is 2.40. The summed E-state index contributed by atoms with van der Waals surface area (Å²) in [5.41, 5.74) is 1.84. The summed E-state index contributed by atoms with van der Waals surface area (Å²) < 4.78 is 0. The second-order valence-corrected chi connectivity index (χ2v) is 2.75. The number of anilines is 1. The molecule has 1 heterocycles. The molecule has 0 fully saturated rings. The molecule has 1 rings (SSSR count). The summed E-state index contributed by atoms with van der Waals surface area (Å²) in [5, 5.41) is 3.53. The molecule has 0 aliphatic rings. The van der Waals surface area contributed by atoms with Crippen LogP contribution in [0.25, 0.3) is 0 Å². The number of aryl methyl sites for hydroxylation is 1. The summed E-state index contributed by atoms with van der Waals surface area (Å²) in [4.78, 5) is 3.97. The van der Waals surface area contributed by atoms with Crippen LogP contribution in [0.1, 0.15) is 5.56 Å². The molecule has 12 heavy (non-hydrogen) atoms. The maximum absolute atomic E-state index is 5.74.